The summed E-state index contributed by atoms with van der Waals surface area (Å²) in [5.74, 6) is -0.709. The number of nitrogens with zero attached hydrogens (tertiary/aromatic N) is 1. The Hall–Kier alpha value is -3.46. The molecule has 144 valence electrons. The molecule has 3 heterocycles. The third kappa shape index (κ3) is 5.04. The zero-order chi connectivity index (χ0) is 19.9. The number of amides is 3. The van der Waals surface area contributed by atoms with Gasteiger partial charge in [0.2, 0.25) is 5.91 Å². The summed E-state index contributed by atoms with van der Waals surface area (Å²) in [6, 6.07) is 8.35. The Morgan fingerprint density at radius 1 is 1.14 bits per heavy atom. The van der Waals surface area contributed by atoms with Gasteiger partial charge in [-0.3, -0.25) is 19.4 Å². The average molecular weight is 398 g/mol. The average Bonchev–Trinajstić information content (AvgIpc) is 3.32. The molecule has 0 aliphatic carbocycles. The third-order valence-corrected chi connectivity index (χ3v) is 4.84. The molecule has 9 heteroatoms. The van der Waals surface area contributed by atoms with Crippen LogP contribution in [-0.4, -0.2) is 29.3 Å². The number of hydrogen-bond donors (Lipinski definition) is 3. The molecule has 0 aliphatic rings. The molecule has 0 fully saturated rings. The zero-order valence-corrected chi connectivity index (χ0v) is 15.8. The van der Waals surface area contributed by atoms with E-state index in [2.05, 4.69) is 20.9 Å². The fourth-order valence-electron chi connectivity index (χ4n) is 2.38. The van der Waals surface area contributed by atoms with Crippen molar-refractivity contribution in [1.82, 2.24) is 10.3 Å². The lowest BCUT2D eigenvalue weighted by molar-refractivity contribution is -0.116. The molecule has 0 bridgehead atoms. The fraction of sp³-hybridized carbons (Fsp3) is 0.158. The van der Waals surface area contributed by atoms with Gasteiger partial charge in [-0.15, -0.1) is 11.3 Å². The minimum absolute atomic E-state index is 0.132. The van der Waals surface area contributed by atoms with Crippen LogP contribution in [0.2, 0.25) is 0 Å². The molecule has 28 heavy (non-hydrogen) atoms. The van der Waals surface area contributed by atoms with Gasteiger partial charge in [-0.05, 0) is 42.8 Å². The zero-order valence-electron chi connectivity index (χ0n) is 15.0. The van der Waals surface area contributed by atoms with Gasteiger partial charge >= 0.3 is 0 Å². The number of anilines is 2. The van der Waals surface area contributed by atoms with Crippen LogP contribution in [0.25, 0.3) is 0 Å². The Kier molecular flexibility index (Phi) is 6.18. The van der Waals surface area contributed by atoms with Crippen LogP contribution in [0.1, 0.15) is 32.2 Å². The number of carbonyl (C=O) groups is 3. The van der Waals surface area contributed by atoms with E-state index in [0.29, 0.717) is 15.6 Å². The first-order valence-corrected chi connectivity index (χ1v) is 9.28. The molecule has 8 nitrogen and oxygen atoms in total. The second-order valence-electron chi connectivity index (χ2n) is 5.85. The van der Waals surface area contributed by atoms with Gasteiger partial charge < -0.3 is 20.4 Å². The van der Waals surface area contributed by atoms with Crippen LogP contribution < -0.4 is 16.0 Å². The molecule has 0 aromatic carbocycles. The van der Waals surface area contributed by atoms with Gasteiger partial charge in [-0.25, -0.2) is 0 Å². The van der Waals surface area contributed by atoms with Gasteiger partial charge in [0.05, 0.1) is 28.0 Å². The number of hydrogen-bond acceptors (Lipinski definition) is 6. The van der Waals surface area contributed by atoms with Gasteiger partial charge in [0.25, 0.3) is 11.8 Å². The van der Waals surface area contributed by atoms with Crippen molar-refractivity contribution in [3.8, 4) is 0 Å². The van der Waals surface area contributed by atoms with E-state index >= 15 is 0 Å². The predicted octanol–water partition coefficient (Wildman–Crippen LogP) is 3.06. The number of thiophene rings is 1. The van der Waals surface area contributed by atoms with E-state index in [0.717, 1.165) is 16.9 Å². The van der Waals surface area contributed by atoms with Crippen LogP contribution >= 0.6 is 11.3 Å². The highest BCUT2D eigenvalue weighted by molar-refractivity contribution is 7.18. The van der Waals surface area contributed by atoms with Gasteiger partial charge in [0.15, 0.2) is 5.76 Å². The maximum absolute atomic E-state index is 12.4. The van der Waals surface area contributed by atoms with Crippen LogP contribution in [0.4, 0.5) is 10.7 Å². The smallest absolute Gasteiger partial charge is 0.291 e. The van der Waals surface area contributed by atoms with E-state index in [-0.39, 0.29) is 36.4 Å². The van der Waals surface area contributed by atoms with Crippen molar-refractivity contribution >= 4 is 39.7 Å². The quantitative estimate of drug-likeness (QED) is 0.566. The molecule has 0 saturated heterocycles. The summed E-state index contributed by atoms with van der Waals surface area (Å²) in [5.41, 5.74) is 1.34. The van der Waals surface area contributed by atoms with Crippen LogP contribution in [0.5, 0.6) is 0 Å². The Labute approximate surface area is 165 Å². The van der Waals surface area contributed by atoms with E-state index in [1.807, 2.05) is 0 Å². The highest BCUT2D eigenvalue weighted by atomic mass is 32.1. The first-order chi connectivity index (χ1) is 13.5. The number of aromatic nitrogens is 1. The van der Waals surface area contributed by atoms with Crippen LogP contribution in [0, 0.1) is 6.92 Å². The maximum atomic E-state index is 12.4. The molecule has 0 aliphatic heterocycles. The van der Waals surface area contributed by atoms with Crippen molar-refractivity contribution in [2.75, 3.05) is 17.2 Å². The lowest BCUT2D eigenvalue weighted by Gasteiger charge is -2.06. The standard InChI is InChI=1S/C19H18N4O4S/c1-12-10-16(23-18(25)14-5-3-9-27-14)28-17(12)19(26)21-8-6-15(24)22-13-4-2-7-20-11-13/h2-5,7,9-11H,6,8H2,1H3,(H,21,26)(H,22,24)(H,23,25). The van der Waals surface area contributed by atoms with E-state index in [1.54, 1.807) is 49.6 Å². The molecule has 3 rings (SSSR count). The summed E-state index contributed by atoms with van der Waals surface area (Å²) >= 11 is 1.16. The largest absolute Gasteiger partial charge is 0.459 e. The summed E-state index contributed by atoms with van der Waals surface area (Å²) in [4.78, 5) is 40.7. The molecular weight excluding hydrogens is 380 g/mol. The summed E-state index contributed by atoms with van der Waals surface area (Å²) in [6.45, 7) is 1.97. The van der Waals surface area contributed by atoms with E-state index in [4.69, 9.17) is 4.42 Å². The van der Waals surface area contributed by atoms with Crippen molar-refractivity contribution in [3.63, 3.8) is 0 Å². The Balaban J connectivity index is 1.49. The second-order valence-corrected chi connectivity index (χ2v) is 6.90. The molecule has 0 saturated carbocycles. The first kappa shape index (κ1) is 19.3. The number of nitrogens with one attached hydrogen (secondary N) is 3. The number of carbonyl (C=O) groups excluding carboxylic acids is 3. The summed E-state index contributed by atoms with van der Waals surface area (Å²) < 4.78 is 5.04. The number of furan rings is 1. The minimum Gasteiger partial charge on any atom is -0.459 e. The number of pyridine rings is 1. The molecule has 3 aromatic rings. The van der Waals surface area contributed by atoms with Gasteiger partial charge in [-0.1, -0.05) is 0 Å². The molecule has 3 N–H and O–H groups in total. The molecule has 3 aromatic heterocycles. The summed E-state index contributed by atoms with van der Waals surface area (Å²) in [5, 5.41) is 8.65. The molecule has 0 unspecified atom stereocenters. The molecule has 3 amide bonds. The first-order valence-electron chi connectivity index (χ1n) is 8.46. The van der Waals surface area contributed by atoms with Crippen molar-refractivity contribution in [3.05, 3.63) is 65.2 Å². The lowest BCUT2D eigenvalue weighted by Crippen LogP contribution is -2.27. The number of rotatable bonds is 7. The van der Waals surface area contributed by atoms with Crippen molar-refractivity contribution < 1.29 is 18.8 Å². The SMILES string of the molecule is Cc1cc(NC(=O)c2ccco2)sc1C(=O)NCCC(=O)Nc1cccnc1. The van der Waals surface area contributed by atoms with Gasteiger partial charge in [-0.2, -0.15) is 0 Å². The van der Waals surface area contributed by atoms with Crippen LogP contribution in [-0.2, 0) is 4.79 Å². The number of aryl methyl sites for hydroxylation is 1. The van der Waals surface area contributed by atoms with E-state index in [9.17, 15) is 14.4 Å². The Morgan fingerprint density at radius 2 is 2.00 bits per heavy atom. The van der Waals surface area contributed by atoms with Gasteiger partial charge in [0, 0.05) is 19.2 Å². The van der Waals surface area contributed by atoms with Gasteiger partial charge in [0.1, 0.15) is 0 Å². The third-order valence-electron chi connectivity index (χ3n) is 3.69. The molecule has 0 atom stereocenters. The fourth-order valence-corrected chi connectivity index (χ4v) is 3.36. The second kappa shape index (κ2) is 8.96. The molecular formula is C19H18N4O4S. The topological polar surface area (TPSA) is 113 Å². The molecule has 0 radical (unpaired) electrons. The van der Waals surface area contributed by atoms with E-state index in [1.165, 1.54) is 6.26 Å². The highest BCUT2D eigenvalue weighted by Crippen LogP contribution is 2.27. The van der Waals surface area contributed by atoms with E-state index < -0.39 is 0 Å². The molecule has 0 spiro atoms. The Morgan fingerprint density at radius 3 is 2.71 bits per heavy atom. The summed E-state index contributed by atoms with van der Waals surface area (Å²) in [6.07, 6.45) is 4.71. The Bertz CT molecular complexity index is 967. The van der Waals surface area contributed by atoms with Crippen LogP contribution in [0.15, 0.2) is 53.4 Å². The highest BCUT2D eigenvalue weighted by Gasteiger charge is 2.16. The van der Waals surface area contributed by atoms with Crippen molar-refractivity contribution in [1.29, 1.82) is 0 Å². The normalized spacial score (nSPS) is 10.3. The minimum atomic E-state index is -0.384. The lowest BCUT2D eigenvalue weighted by atomic mass is 10.2. The van der Waals surface area contributed by atoms with Crippen LogP contribution in [0.3, 0.4) is 0 Å². The van der Waals surface area contributed by atoms with Crippen molar-refractivity contribution in [2.24, 2.45) is 0 Å². The summed E-state index contributed by atoms with van der Waals surface area (Å²) in [7, 11) is 0. The maximum Gasteiger partial charge on any atom is 0.291 e. The predicted molar refractivity (Wildman–Crippen MR) is 106 cm³/mol. The van der Waals surface area contributed by atoms with Crippen molar-refractivity contribution in [2.45, 2.75) is 13.3 Å². The monoisotopic (exact) mass is 398 g/mol.